The Labute approximate surface area is 120 Å². The highest BCUT2D eigenvalue weighted by atomic mass is 79.9. The van der Waals surface area contributed by atoms with Gasteiger partial charge in [0.15, 0.2) is 0 Å². The number of hydrogen-bond acceptors (Lipinski definition) is 2. The fourth-order valence-corrected chi connectivity index (χ4v) is 2.43. The molecule has 0 atom stereocenters. The maximum absolute atomic E-state index is 12.1. The van der Waals surface area contributed by atoms with Crippen LogP contribution in [0.1, 0.15) is 15.9 Å². The summed E-state index contributed by atoms with van der Waals surface area (Å²) in [5.74, 6) is -0.0844. The maximum atomic E-state index is 12.1. The van der Waals surface area contributed by atoms with E-state index in [1.165, 1.54) is 5.56 Å². The van der Waals surface area contributed by atoms with Crippen LogP contribution in [0.2, 0.25) is 0 Å². The van der Waals surface area contributed by atoms with Crippen LogP contribution in [-0.2, 0) is 6.42 Å². The van der Waals surface area contributed by atoms with Crippen molar-refractivity contribution < 1.29 is 4.79 Å². The zero-order chi connectivity index (χ0) is 13.2. The van der Waals surface area contributed by atoms with Crippen LogP contribution in [-0.4, -0.2) is 12.5 Å². The summed E-state index contributed by atoms with van der Waals surface area (Å²) in [6.07, 6.45) is 1.03. The number of benzene rings is 2. The van der Waals surface area contributed by atoms with Crippen molar-refractivity contribution in [3.05, 3.63) is 58.1 Å². The molecule has 2 aromatic rings. The van der Waals surface area contributed by atoms with Crippen LogP contribution in [0.15, 0.2) is 46.9 Å². The molecule has 0 radical (unpaired) electrons. The van der Waals surface area contributed by atoms with E-state index >= 15 is 0 Å². The van der Waals surface area contributed by atoms with Crippen LogP contribution in [0.4, 0.5) is 11.4 Å². The number of carbonyl (C=O) groups is 1. The Kier molecular flexibility index (Phi) is 3.25. The summed E-state index contributed by atoms with van der Waals surface area (Å²) < 4.78 is 0.993. The van der Waals surface area contributed by atoms with Gasteiger partial charge in [-0.25, -0.2) is 0 Å². The first-order chi connectivity index (χ1) is 9.22. The third-order valence-electron chi connectivity index (χ3n) is 3.18. The van der Waals surface area contributed by atoms with E-state index in [0.717, 1.165) is 28.8 Å². The van der Waals surface area contributed by atoms with Crippen molar-refractivity contribution >= 4 is 33.2 Å². The Morgan fingerprint density at radius 2 is 1.95 bits per heavy atom. The van der Waals surface area contributed by atoms with Gasteiger partial charge in [0.2, 0.25) is 0 Å². The summed E-state index contributed by atoms with van der Waals surface area (Å²) in [7, 11) is 0. The first kappa shape index (κ1) is 12.2. The first-order valence-electron chi connectivity index (χ1n) is 6.16. The predicted molar refractivity (Wildman–Crippen MR) is 80.7 cm³/mol. The molecule has 0 bridgehead atoms. The average molecular weight is 317 g/mol. The van der Waals surface area contributed by atoms with Gasteiger partial charge >= 0.3 is 0 Å². The standard InChI is InChI=1S/C15H13BrN2O/c16-12-3-5-13(6-4-12)18-15(19)11-2-1-10-7-8-17-14(10)9-11/h1-6,9,17H,7-8H2,(H,18,19). The summed E-state index contributed by atoms with van der Waals surface area (Å²) >= 11 is 3.37. The Hall–Kier alpha value is -1.81. The van der Waals surface area contributed by atoms with Gasteiger partial charge < -0.3 is 10.6 Å². The van der Waals surface area contributed by atoms with Crippen molar-refractivity contribution in [1.82, 2.24) is 0 Å². The zero-order valence-electron chi connectivity index (χ0n) is 10.2. The molecule has 3 rings (SSSR count). The van der Waals surface area contributed by atoms with E-state index in [2.05, 4.69) is 26.6 Å². The van der Waals surface area contributed by atoms with Gasteiger partial charge in [-0.2, -0.15) is 0 Å². The molecular weight excluding hydrogens is 304 g/mol. The van der Waals surface area contributed by atoms with E-state index in [0.29, 0.717) is 5.56 Å². The molecule has 0 saturated carbocycles. The van der Waals surface area contributed by atoms with E-state index in [9.17, 15) is 4.79 Å². The van der Waals surface area contributed by atoms with Crippen molar-refractivity contribution in [2.45, 2.75) is 6.42 Å². The first-order valence-corrected chi connectivity index (χ1v) is 6.95. The van der Waals surface area contributed by atoms with Crippen LogP contribution >= 0.6 is 15.9 Å². The summed E-state index contributed by atoms with van der Waals surface area (Å²) in [6.45, 7) is 0.952. The summed E-state index contributed by atoms with van der Waals surface area (Å²) in [5, 5.41) is 6.17. The minimum Gasteiger partial charge on any atom is -0.384 e. The normalized spacial score (nSPS) is 12.7. The lowest BCUT2D eigenvalue weighted by molar-refractivity contribution is 0.102. The second-order valence-electron chi connectivity index (χ2n) is 4.51. The molecule has 0 spiro atoms. The van der Waals surface area contributed by atoms with E-state index in [-0.39, 0.29) is 5.91 Å². The van der Waals surface area contributed by atoms with E-state index < -0.39 is 0 Å². The molecule has 0 aromatic heterocycles. The second-order valence-corrected chi connectivity index (χ2v) is 5.43. The number of anilines is 2. The Bertz CT molecular complexity index is 623. The monoisotopic (exact) mass is 316 g/mol. The number of halogens is 1. The number of carbonyl (C=O) groups excluding carboxylic acids is 1. The largest absolute Gasteiger partial charge is 0.384 e. The predicted octanol–water partition coefficient (Wildman–Crippen LogP) is 3.67. The second kappa shape index (κ2) is 5.05. The van der Waals surface area contributed by atoms with Crippen molar-refractivity contribution in [3.8, 4) is 0 Å². The minimum atomic E-state index is -0.0844. The quantitative estimate of drug-likeness (QED) is 0.887. The smallest absolute Gasteiger partial charge is 0.255 e. The van der Waals surface area contributed by atoms with E-state index in [4.69, 9.17) is 0 Å². The lowest BCUT2D eigenvalue weighted by Gasteiger charge is -2.07. The Balaban J connectivity index is 1.78. The van der Waals surface area contributed by atoms with Gasteiger partial charge in [0.1, 0.15) is 0 Å². The third kappa shape index (κ3) is 2.63. The van der Waals surface area contributed by atoms with Crippen molar-refractivity contribution in [3.63, 3.8) is 0 Å². The van der Waals surface area contributed by atoms with E-state index in [1.54, 1.807) is 0 Å². The molecule has 2 N–H and O–H groups in total. The number of nitrogens with one attached hydrogen (secondary N) is 2. The fourth-order valence-electron chi connectivity index (χ4n) is 2.17. The van der Waals surface area contributed by atoms with Gasteiger partial charge in [0, 0.05) is 28.0 Å². The molecule has 1 amide bonds. The minimum absolute atomic E-state index is 0.0844. The van der Waals surface area contributed by atoms with Crippen LogP contribution in [0.5, 0.6) is 0 Å². The van der Waals surface area contributed by atoms with Gasteiger partial charge in [-0.05, 0) is 48.4 Å². The van der Waals surface area contributed by atoms with Crippen molar-refractivity contribution in [2.75, 3.05) is 17.2 Å². The van der Waals surface area contributed by atoms with Crippen LogP contribution in [0.3, 0.4) is 0 Å². The summed E-state index contributed by atoms with van der Waals surface area (Å²) in [5.41, 5.74) is 3.82. The highest BCUT2D eigenvalue weighted by Gasteiger charge is 2.13. The maximum Gasteiger partial charge on any atom is 0.255 e. The summed E-state index contributed by atoms with van der Waals surface area (Å²) in [6, 6.07) is 13.4. The SMILES string of the molecule is O=C(Nc1ccc(Br)cc1)c1ccc2c(c1)NCC2. The van der Waals surface area contributed by atoms with Gasteiger partial charge in [-0.1, -0.05) is 22.0 Å². The molecule has 19 heavy (non-hydrogen) atoms. The molecule has 3 nitrogen and oxygen atoms in total. The molecule has 1 aliphatic heterocycles. The number of amides is 1. The van der Waals surface area contributed by atoms with Crippen molar-refractivity contribution in [1.29, 1.82) is 0 Å². The van der Waals surface area contributed by atoms with Gasteiger partial charge in [-0.3, -0.25) is 4.79 Å². The summed E-state index contributed by atoms with van der Waals surface area (Å²) in [4.78, 5) is 12.1. The highest BCUT2D eigenvalue weighted by Crippen LogP contribution is 2.23. The fraction of sp³-hybridized carbons (Fsp3) is 0.133. The highest BCUT2D eigenvalue weighted by molar-refractivity contribution is 9.10. The lowest BCUT2D eigenvalue weighted by atomic mass is 10.1. The molecule has 1 heterocycles. The molecular formula is C15H13BrN2O. The molecule has 96 valence electrons. The van der Waals surface area contributed by atoms with Gasteiger partial charge in [0.05, 0.1) is 0 Å². The molecule has 2 aromatic carbocycles. The van der Waals surface area contributed by atoms with Crippen LogP contribution in [0.25, 0.3) is 0 Å². The Morgan fingerprint density at radius 3 is 2.74 bits per heavy atom. The van der Waals surface area contributed by atoms with E-state index in [1.807, 2.05) is 42.5 Å². The molecule has 1 aliphatic rings. The van der Waals surface area contributed by atoms with Gasteiger partial charge in [-0.15, -0.1) is 0 Å². The van der Waals surface area contributed by atoms with Gasteiger partial charge in [0.25, 0.3) is 5.91 Å². The Morgan fingerprint density at radius 1 is 1.16 bits per heavy atom. The van der Waals surface area contributed by atoms with Crippen LogP contribution < -0.4 is 10.6 Å². The zero-order valence-corrected chi connectivity index (χ0v) is 11.8. The number of hydrogen-bond donors (Lipinski definition) is 2. The molecule has 0 saturated heterocycles. The molecule has 4 heteroatoms. The average Bonchev–Trinajstić information content (AvgIpc) is 2.88. The molecule has 0 aliphatic carbocycles. The molecule has 0 unspecified atom stereocenters. The third-order valence-corrected chi connectivity index (χ3v) is 3.71. The molecule has 0 fully saturated rings. The number of rotatable bonds is 2. The van der Waals surface area contributed by atoms with Crippen LogP contribution in [0, 0.1) is 0 Å². The lowest BCUT2D eigenvalue weighted by Crippen LogP contribution is -2.11. The number of fused-ring (bicyclic) bond motifs is 1. The van der Waals surface area contributed by atoms with Crippen molar-refractivity contribution in [2.24, 2.45) is 0 Å². The topological polar surface area (TPSA) is 41.1 Å².